The zero-order chi connectivity index (χ0) is 6.73. The molecular formula is C4H12NO2P. The summed E-state index contributed by atoms with van der Waals surface area (Å²) in [6.07, 6.45) is 0. The summed E-state index contributed by atoms with van der Waals surface area (Å²) in [5.74, 6) is -0.425. The normalized spacial score (nSPS) is 18.6. The van der Waals surface area contributed by atoms with Crippen molar-refractivity contribution < 1.29 is 9.46 Å². The fraction of sp³-hybridized carbons (Fsp3) is 1.00. The summed E-state index contributed by atoms with van der Waals surface area (Å²) in [4.78, 5) is 8.41. The highest BCUT2D eigenvalue weighted by molar-refractivity contribution is 7.38. The van der Waals surface area contributed by atoms with E-state index in [2.05, 4.69) is 0 Å². The van der Waals surface area contributed by atoms with Crippen molar-refractivity contribution in [2.24, 2.45) is 11.7 Å². The summed E-state index contributed by atoms with van der Waals surface area (Å²) in [7, 11) is -2.48. The van der Waals surface area contributed by atoms with Crippen molar-refractivity contribution in [1.82, 2.24) is 0 Å². The summed E-state index contributed by atoms with van der Waals surface area (Å²) in [5, 5.41) is 0. The molecule has 0 saturated carbocycles. The van der Waals surface area contributed by atoms with Crippen molar-refractivity contribution in [2.45, 2.75) is 19.6 Å². The minimum absolute atomic E-state index is 0.103. The van der Waals surface area contributed by atoms with E-state index in [0.29, 0.717) is 0 Å². The molecule has 0 rings (SSSR count). The van der Waals surface area contributed by atoms with E-state index in [1.54, 1.807) is 0 Å². The van der Waals surface area contributed by atoms with Gasteiger partial charge in [0, 0.05) is 0 Å². The van der Waals surface area contributed by atoms with Crippen LogP contribution in [0, 0.1) is 5.92 Å². The topological polar surface area (TPSA) is 63.3 Å². The Morgan fingerprint density at radius 3 is 2.00 bits per heavy atom. The molecule has 0 aliphatic heterocycles. The standard InChI is InChI=1S/C4H12NO2P/c1-3(2)4(5)8(6)7/h3-4,8H,5H2,1-2H3,(H,6,7). The molecule has 0 amide bonds. The van der Waals surface area contributed by atoms with Gasteiger partial charge in [-0.15, -0.1) is 0 Å². The SMILES string of the molecule is CC(C)C(N)[PH](=O)O. The van der Waals surface area contributed by atoms with Gasteiger partial charge in [0.25, 0.3) is 0 Å². The van der Waals surface area contributed by atoms with Gasteiger partial charge in [0.1, 0.15) is 0 Å². The zero-order valence-corrected chi connectivity index (χ0v) is 6.09. The predicted molar refractivity (Wildman–Crippen MR) is 34.0 cm³/mol. The zero-order valence-electron chi connectivity index (χ0n) is 5.09. The lowest BCUT2D eigenvalue weighted by molar-refractivity contribution is 0.465. The van der Waals surface area contributed by atoms with E-state index in [0.717, 1.165) is 0 Å². The maximum Gasteiger partial charge on any atom is 0.205 e. The molecule has 50 valence electrons. The van der Waals surface area contributed by atoms with E-state index < -0.39 is 13.8 Å². The average molecular weight is 137 g/mol. The van der Waals surface area contributed by atoms with Crippen LogP contribution in [0.1, 0.15) is 13.8 Å². The van der Waals surface area contributed by atoms with Crippen molar-refractivity contribution in [3.63, 3.8) is 0 Å². The van der Waals surface area contributed by atoms with Crippen LogP contribution >= 0.6 is 8.03 Å². The predicted octanol–water partition coefficient (Wildman–Crippen LogP) is 0.394. The molecule has 2 atom stereocenters. The van der Waals surface area contributed by atoms with Gasteiger partial charge in [0.15, 0.2) is 0 Å². The van der Waals surface area contributed by atoms with Gasteiger partial charge in [-0.1, -0.05) is 13.8 Å². The number of nitrogens with two attached hydrogens (primary N) is 1. The minimum atomic E-state index is -2.48. The Balaban J connectivity index is 3.64. The summed E-state index contributed by atoms with van der Waals surface area (Å²) >= 11 is 0. The first-order valence-corrected chi connectivity index (χ1v) is 3.97. The van der Waals surface area contributed by atoms with E-state index in [4.69, 9.17) is 10.6 Å². The van der Waals surface area contributed by atoms with Crippen molar-refractivity contribution in [2.75, 3.05) is 0 Å². The number of hydrogen-bond acceptors (Lipinski definition) is 2. The molecule has 0 aromatic rings. The first-order valence-electron chi connectivity index (χ1n) is 2.54. The molecule has 0 bridgehead atoms. The van der Waals surface area contributed by atoms with Gasteiger partial charge in [-0.3, -0.25) is 4.57 Å². The molecule has 3 nitrogen and oxygen atoms in total. The third kappa shape index (κ3) is 2.46. The quantitative estimate of drug-likeness (QED) is 0.541. The molecule has 0 fully saturated rings. The van der Waals surface area contributed by atoms with Crippen LogP contribution in [0.4, 0.5) is 0 Å². The van der Waals surface area contributed by atoms with E-state index in [9.17, 15) is 4.57 Å². The van der Waals surface area contributed by atoms with Crippen LogP contribution in [0.2, 0.25) is 0 Å². The number of rotatable bonds is 2. The molecule has 4 heteroatoms. The van der Waals surface area contributed by atoms with E-state index in [-0.39, 0.29) is 5.92 Å². The fourth-order valence-corrected chi connectivity index (χ4v) is 0.855. The molecule has 3 N–H and O–H groups in total. The molecule has 0 aliphatic rings. The molecule has 2 unspecified atom stereocenters. The highest BCUT2D eigenvalue weighted by Gasteiger charge is 2.11. The van der Waals surface area contributed by atoms with Crippen molar-refractivity contribution in [1.29, 1.82) is 0 Å². The maximum atomic E-state index is 10.2. The molecule has 0 spiro atoms. The Morgan fingerprint density at radius 2 is 2.00 bits per heavy atom. The van der Waals surface area contributed by atoms with Gasteiger partial charge >= 0.3 is 0 Å². The van der Waals surface area contributed by atoms with Crippen LogP contribution in [-0.2, 0) is 4.57 Å². The largest absolute Gasteiger partial charge is 0.345 e. The molecule has 8 heavy (non-hydrogen) atoms. The molecule has 0 radical (unpaired) electrons. The van der Waals surface area contributed by atoms with Crippen LogP contribution in [0.15, 0.2) is 0 Å². The minimum Gasteiger partial charge on any atom is -0.345 e. The average Bonchev–Trinajstić information content (AvgIpc) is 1.64. The highest BCUT2D eigenvalue weighted by Crippen LogP contribution is 2.23. The highest BCUT2D eigenvalue weighted by atomic mass is 31.1. The van der Waals surface area contributed by atoms with Gasteiger partial charge < -0.3 is 10.6 Å². The summed E-state index contributed by atoms with van der Waals surface area (Å²) in [6.45, 7) is 3.65. The Hall–Kier alpha value is 0.150. The van der Waals surface area contributed by atoms with Gasteiger partial charge in [0.2, 0.25) is 8.03 Å². The van der Waals surface area contributed by atoms with Gasteiger partial charge in [-0.05, 0) is 5.92 Å². The summed E-state index contributed by atoms with van der Waals surface area (Å²) < 4.78 is 10.2. The van der Waals surface area contributed by atoms with E-state index in [1.165, 1.54) is 0 Å². The third-order valence-electron chi connectivity index (χ3n) is 1.00. The van der Waals surface area contributed by atoms with Gasteiger partial charge in [-0.25, -0.2) is 0 Å². The molecule has 0 saturated heterocycles. The third-order valence-corrected chi connectivity index (χ3v) is 2.24. The van der Waals surface area contributed by atoms with Crippen molar-refractivity contribution >= 4 is 8.03 Å². The van der Waals surface area contributed by atoms with Gasteiger partial charge in [0.05, 0.1) is 5.78 Å². The van der Waals surface area contributed by atoms with E-state index in [1.807, 2.05) is 13.8 Å². The monoisotopic (exact) mass is 137 g/mol. The lowest BCUT2D eigenvalue weighted by Gasteiger charge is -2.09. The molecule has 0 aromatic heterocycles. The van der Waals surface area contributed by atoms with Crippen LogP contribution < -0.4 is 5.73 Å². The first kappa shape index (κ1) is 8.15. The summed E-state index contributed by atoms with van der Waals surface area (Å²) in [6, 6.07) is 0. The second-order valence-electron chi connectivity index (χ2n) is 2.11. The summed E-state index contributed by atoms with van der Waals surface area (Å²) in [5.41, 5.74) is 5.24. The number of hydrogen-bond donors (Lipinski definition) is 2. The molecule has 0 aromatic carbocycles. The van der Waals surface area contributed by atoms with Crippen LogP contribution in [0.3, 0.4) is 0 Å². The van der Waals surface area contributed by atoms with Crippen LogP contribution in [0.25, 0.3) is 0 Å². The van der Waals surface area contributed by atoms with Crippen LogP contribution in [0.5, 0.6) is 0 Å². The fourth-order valence-electron chi connectivity index (χ4n) is 0.285. The Morgan fingerprint density at radius 1 is 1.62 bits per heavy atom. The maximum absolute atomic E-state index is 10.2. The molecule has 0 heterocycles. The van der Waals surface area contributed by atoms with Gasteiger partial charge in [-0.2, -0.15) is 0 Å². The second-order valence-corrected chi connectivity index (χ2v) is 3.45. The molecular weight excluding hydrogens is 125 g/mol. The Labute approximate surface area is 49.8 Å². The molecule has 0 aliphatic carbocycles. The Kier molecular flexibility index (Phi) is 3.29. The lowest BCUT2D eigenvalue weighted by atomic mass is 10.2. The first-order chi connectivity index (χ1) is 3.55. The Bertz CT molecular complexity index is 94.0. The van der Waals surface area contributed by atoms with Crippen molar-refractivity contribution in [3.8, 4) is 0 Å². The smallest absolute Gasteiger partial charge is 0.205 e. The van der Waals surface area contributed by atoms with E-state index >= 15 is 0 Å². The van der Waals surface area contributed by atoms with Crippen LogP contribution in [-0.4, -0.2) is 10.7 Å². The lowest BCUT2D eigenvalue weighted by Crippen LogP contribution is -2.21. The van der Waals surface area contributed by atoms with Crippen molar-refractivity contribution in [3.05, 3.63) is 0 Å². The second kappa shape index (κ2) is 3.23.